The summed E-state index contributed by atoms with van der Waals surface area (Å²) in [6, 6.07) is 9.00. The van der Waals surface area contributed by atoms with Gasteiger partial charge in [0.15, 0.2) is 0 Å². The highest BCUT2D eigenvalue weighted by atomic mass is 19.1. The van der Waals surface area contributed by atoms with Gasteiger partial charge in [-0.05, 0) is 24.6 Å². The molecule has 1 aromatic heterocycles. The highest BCUT2D eigenvalue weighted by Gasteiger charge is 2.34. The fourth-order valence-corrected chi connectivity index (χ4v) is 2.51. The third-order valence-corrected chi connectivity index (χ3v) is 3.46. The lowest BCUT2D eigenvalue weighted by Crippen LogP contribution is -2.26. The van der Waals surface area contributed by atoms with Crippen LogP contribution in [0.5, 0.6) is 5.75 Å². The van der Waals surface area contributed by atoms with Crippen LogP contribution in [-0.4, -0.2) is 0 Å². The Labute approximate surface area is 125 Å². The number of hydrogen-bond donors (Lipinski definition) is 1. The molecule has 1 aliphatic heterocycles. The van der Waals surface area contributed by atoms with Crippen LogP contribution in [0.4, 0.5) is 4.39 Å². The van der Waals surface area contributed by atoms with Crippen LogP contribution in [0, 0.1) is 24.1 Å². The first-order valence-electron chi connectivity index (χ1n) is 6.49. The molecule has 0 saturated carbocycles. The minimum absolute atomic E-state index is 0.0747. The first-order chi connectivity index (χ1) is 10.5. The number of fused-ring (bicyclic) bond motifs is 1. The van der Waals surface area contributed by atoms with Crippen LogP contribution in [0.15, 0.2) is 51.0 Å². The quantitative estimate of drug-likeness (QED) is 0.872. The van der Waals surface area contributed by atoms with Crippen LogP contribution in [0.25, 0.3) is 0 Å². The fraction of sp³-hybridized carbons (Fsp3) is 0.125. The SMILES string of the molecule is Cc1cc2c(c(=O)o1)C(c1ccc(F)cc1)C(C#N)=C(N)O2. The summed E-state index contributed by atoms with van der Waals surface area (Å²) >= 11 is 0. The molecule has 1 aliphatic rings. The minimum Gasteiger partial charge on any atom is -0.440 e. The number of ether oxygens (including phenoxy) is 1. The van der Waals surface area contributed by atoms with E-state index in [1.807, 2.05) is 6.07 Å². The van der Waals surface area contributed by atoms with E-state index in [4.69, 9.17) is 14.9 Å². The van der Waals surface area contributed by atoms with Crippen molar-refractivity contribution in [3.8, 4) is 11.8 Å². The molecule has 1 aromatic carbocycles. The predicted molar refractivity (Wildman–Crippen MR) is 75.4 cm³/mol. The van der Waals surface area contributed by atoms with E-state index in [1.165, 1.54) is 30.3 Å². The average Bonchev–Trinajstić information content (AvgIpc) is 2.46. The molecule has 22 heavy (non-hydrogen) atoms. The van der Waals surface area contributed by atoms with Gasteiger partial charge in [0.2, 0.25) is 5.88 Å². The van der Waals surface area contributed by atoms with Gasteiger partial charge in [-0.15, -0.1) is 0 Å². The topological polar surface area (TPSA) is 89.2 Å². The molecule has 0 amide bonds. The summed E-state index contributed by atoms with van der Waals surface area (Å²) in [5, 5.41) is 9.34. The van der Waals surface area contributed by atoms with Crippen molar-refractivity contribution >= 4 is 0 Å². The molecule has 6 heteroatoms. The van der Waals surface area contributed by atoms with Crippen molar-refractivity contribution in [3.63, 3.8) is 0 Å². The zero-order valence-electron chi connectivity index (χ0n) is 11.6. The van der Waals surface area contributed by atoms with E-state index in [-0.39, 0.29) is 22.8 Å². The Balaban J connectivity index is 2.29. The number of benzene rings is 1. The molecule has 1 atom stereocenters. The maximum atomic E-state index is 13.1. The molecule has 2 N–H and O–H groups in total. The molecule has 0 aliphatic carbocycles. The number of hydrogen-bond acceptors (Lipinski definition) is 5. The molecule has 3 rings (SSSR count). The lowest BCUT2D eigenvalue weighted by atomic mass is 9.84. The summed E-state index contributed by atoms with van der Waals surface area (Å²) < 4.78 is 23.6. The first-order valence-corrected chi connectivity index (χ1v) is 6.49. The van der Waals surface area contributed by atoms with Gasteiger partial charge in [0.25, 0.3) is 0 Å². The van der Waals surface area contributed by atoms with Gasteiger partial charge in [0.05, 0.1) is 11.5 Å². The molecular formula is C16H11FN2O3. The summed E-state index contributed by atoms with van der Waals surface area (Å²) in [6.07, 6.45) is 0. The molecule has 5 nitrogen and oxygen atoms in total. The minimum atomic E-state index is -0.744. The Kier molecular flexibility index (Phi) is 3.18. The van der Waals surface area contributed by atoms with Gasteiger partial charge >= 0.3 is 5.63 Å². The molecule has 0 fully saturated rings. The second-order valence-corrected chi connectivity index (χ2v) is 4.90. The molecule has 0 bridgehead atoms. The van der Waals surface area contributed by atoms with Crippen molar-refractivity contribution in [2.45, 2.75) is 12.8 Å². The van der Waals surface area contributed by atoms with Crippen LogP contribution in [0.3, 0.4) is 0 Å². The zero-order chi connectivity index (χ0) is 15.9. The van der Waals surface area contributed by atoms with E-state index < -0.39 is 17.4 Å². The van der Waals surface area contributed by atoms with Crippen LogP contribution < -0.4 is 16.1 Å². The lowest BCUT2D eigenvalue weighted by Gasteiger charge is -2.25. The molecule has 0 radical (unpaired) electrons. The zero-order valence-corrected chi connectivity index (χ0v) is 11.6. The summed E-state index contributed by atoms with van der Waals surface area (Å²) in [4.78, 5) is 12.2. The number of allylic oxidation sites excluding steroid dienone is 1. The second kappa shape index (κ2) is 5.04. The Morgan fingerprint density at radius 1 is 1.32 bits per heavy atom. The van der Waals surface area contributed by atoms with E-state index in [0.717, 1.165) is 0 Å². The molecule has 1 unspecified atom stereocenters. The fourth-order valence-electron chi connectivity index (χ4n) is 2.51. The first kappa shape index (κ1) is 13.9. The van der Waals surface area contributed by atoms with Gasteiger partial charge < -0.3 is 14.9 Å². The van der Waals surface area contributed by atoms with E-state index in [1.54, 1.807) is 6.92 Å². The van der Waals surface area contributed by atoms with Crippen molar-refractivity contribution < 1.29 is 13.5 Å². The second-order valence-electron chi connectivity index (χ2n) is 4.90. The van der Waals surface area contributed by atoms with Gasteiger partial charge in [0, 0.05) is 6.07 Å². The van der Waals surface area contributed by atoms with Gasteiger partial charge in [0.1, 0.15) is 29.0 Å². The smallest absolute Gasteiger partial charge is 0.343 e. The normalized spacial score (nSPS) is 16.7. The third kappa shape index (κ3) is 2.13. The monoisotopic (exact) mass is 298 g/mol. The highest BCUT2D eigenvalue weighted by molar-refractivity contribution is 5.54. The molecule has 0 saturated heterocycles. The summed E-state index contributed by atoms with van der Waals surface area (Å²) in [5.41, 5.74) is 6.02. The van der Waals surface area contributed by atoms with Crippen molar-refractivity contribution in [1.29, 1.82) is 5.26 Å². The number of nitriles is 1. The molecule has 0 spiro atoms. The van der Waals surface area contributed by atoms with Crippen molar-refractivity contribution in [2.24, 2.45) is 5.73 Å². The molecule has 2 aromatic rings. The van der Waals surface area contributed by atoms with Gasteiger partial charge in [-0.3, -0.25) is 0 Å². The van der Waals surface area contributed by atoms with E-state index >= 15 is 0 Å². The van der Waals surface area contributed by atoms with E-state index in [0.29, 0.717) is 11.3 Å². The Morgan fingerprint density at radius 3 is 2.64 bits per heavy atom. The van der Waals surface area contributed by atoms with Gasteiger partial charge in [-0.2, -0.15) is 5.26 Å². The van der Waals surface area contributed by atoms with Crippen molar-refractivity contribution in [1.82, 2.24) is 0 Å². The largest absolute Gasteiger partial charge is 0.440 e. The molecule has 110 valence electrons. The Bertz CT molecular complexity index is 876. The van der Waals surface area contributed by atoms with Crippen LogP contribution in [0.2, 0.25) is 0 Å². The van der Waals surface area contributed by atoms with Crippen LogP contribution in [-0.2, 0) is 0 Å². The number of halogens is 1. The molecular weight excluding hydrogens is 287 g/mol. The average molecular weight is 298 g/mol. The maximum Gasteiger partial charge on any atom is 0.343 e. The third-order valence-electron chi connectivity index (χ3n) is 3.46. The van der Waals surface area contributed by atoms with E-state index in [2.05, 4.69) is 0 Å². The molecule has 2 heterocycles. The summed E-state index contributed by atoms with van der Waals surface area (Å²) in [7, 11) is 0. The van der Waals surface area contributed by atoms with Crippen molar-refractivity contribution in [2.75, 3.05) is 0 Å². The summed E-state index contributed by atoms with van der Waals surface area (Å²) in [5.74, 6) is -0.614. The maximum absolute atomic E-state index is 13.1. The highest BCUT2D eigenvalue weighted by Crippen LogP contribution is 2.40. The number of nitrogens with zero attached hydrogens (tertiary/aromatic N) is 1. The summed E-state index contributed by atoms with van der Waals surface area (Å²) in [6.45, 7) is 1.61. The predicted octanol–water partition coefficient (Wildman–Crippen LogP) is 2.31. The van der Waals surface area contributed by atoms with E-state index in [9.17, 15) is 14.4 Å². The number of nitrogens with two attached hydrogens (primary N) is 1. The Hall–Kier alpha value is -3.07. The number of rotatable bonds is 1. The lowest BCUT2D eigenvalue weighted by molar-refractivity contribution is 0.371. The number of aryl methyl sites for hydroxylation is 1. The van der Waals surface area contributed by atoms with Gasteiger partial charge in [-0.25, -0.2) is 9.18 Å². The van der Waals surface area contributed by atoms with Crippen LogP contribution >= 0.6 is 0 Å². The van der Waals surface area contributed by atoms with Crippen molar-refractivity contribution in [3.05, 3.63) is 74.9 Å². The van der Waals surface area contributed by atoms with Gasteiger partial charge in [-0.1, -0.05) is 12.1 Å². The van der Waals surface area contributed by atoms with Crippen LogP contribution in [0.1, 0.15) is 22.8 Å². The standard InChI is InChI=1S/C16H11FN2O3/c1-8-6-12-14(16(20)21-8)13(11(7-18)15(19)22-12)9-2-4-10(17)5-3-9/h2-6,13H,19H2,1H3. The Morgan fingerprint density at radius 2 is 2.00 bits per heavy atom.